The van der Waals surface area contributed by atoms with Gasteiger partial charge < -0.3 is 10.6 Å². The van der Waals surface area contributed by atoms with Crippen molar-refractivity contribution in [3.63, 3.8) is 0 Å². The second-order valence-corrected chi connectivity index (χ2v) is 4.28. The van der Waals surface area contributed by atoms with Crippen molar-refractivity contribution >= 4 is 29.9 Å². The standard InChI is InChI=1S/C11H12ClFN2O.ClH/c12-10-8(2-1-3-9(10)13)11(16)15-5-4-7(14)6-15;/h1-3,7H,4-6,14H2;1H/t7-;/m0./s1. The van der Waals surface area contributed by atoms with Gasteiger partial charge in [0.1, 0.15) is 5.82 Å². The van der Waals surface area contributed by atoms with Crippen LogP contribution in [0.15, 0.2) is 18.2 Å². The number of amides is 1. The lowest BCUT2D eigenvalue weighted by atomic mass is 10.2. The van der Waals surface area contributed by atoms with Crippen molar-refractivity contribution in [2.75, 3.05) is 13.1 Å². The molecule has 1 saturated heterocycles. The van der Waals surface area contributed by atoms with Crippen LogP contribution in [0.3, 0.4) is 0 Å². The molecule has 0 spiro atoms. The molecule has 1 amide bonds. The Labute approximate surface area is 110 Å². The SMILES string of the molecule is Cl.N[C@H]1CCN(C(=O)c2cccc(F)c2Cl)C1. The summed E-state index contributed by atoms with van der Waals surface area (Å²) in [6.07, 6.45) is 0.776. The summed E-state index contributed by atoms with van der Waals surface area (Å²) in [5, 5.41) is -0.118. The summed E-state index contributed by atoms with van der Waals surface area (Å²) in [5.41, 5.74) is 5.91. The smallest absolute Gasteiger partial charge is 0.255 e. The molecule has 1 aliphatic rings. The fraction of sp³-hybridized carbons (Fsp3) is 0.364. The van der Waals surface area contributed by atoms with Gasteiger partial charge in [-0.25, -0.2) is 4.39 Å². The lowest BCUT2D eigenvalue weighted by molar-refractivity contribution is 0.0790. The third-order valence-electron chi connectivity index (χ3n) is 2.69. The van der Waals surface area contributed by atoms with Crippen LogP contribution in [0.5, 0.6) is 0 Å². The molecule has 1 atom stereocenters. The first-order chi connectivity index (χ1) is 7.59. The van der Waals surface area contributed by atoms with E-state index in [9.17, 15) is 9.18 Å². The van der Waals surface area contributed by atoms with E-state index in [1.807, 2.05) is 0 Å². The van der Waals surface area contributed by atoms with E-state index in [0.29, 0.717) is 13.1 Å². The van der Waals surface area contributed by atoms with Gasteiger partial charge in [0.05, 0.1) is 10.6 Å². The van der Waals surface area contributed by atoms with Gasteiger partial charge in [-0.3, -0.25) is 4.79 Å². The van der Waals surface area contributed by atoms with Crippen LogP contribution in [0.1, 0.15) is 16.8 Å². The highest BCUT2D eigenvalue weighted by molar-refractivity contribution is 6.34. The first-order valence-electron chi connectivity index (χ1n) is 5.08. The zero-order valence-corrected chi connectivity index (χ0v) is 10.6. The molecule has 2 rings (SSSR count). The Morgan fingerprint density at radius 1 is 1.53 bits per heavy atom. The number of carbonyl (C=O) groups excluding carboxylic acids is 1. The first kappa shape index (κ1) is 14.2. The number of nitrogens with zero attached hydrogens (tertiary/aromatic N) is 1. The maximum absolute atomic E-state index is 13.2. The number of carbonyl (C=O) groups is 1. The summed E-state index contributed by atoms with van der Waals surface area (Å²) in [5.74, 6) is -0.825. The third kappa shape index (κ3) is 2.89. The van der Waals surface area contributed by atoms with Crippen molar-refractivity contribution in [2.24, 2.45) is 5.73 Å². The molecule has 6 heteroatoms. The average molecular weight is 279 g/mol. The fourth-order valence-electron chi connectivity index (χ4n) is 1.81. The van der Waals surface area contributed by atoms with Crippen molar-refractivity contribution in [1.29, 1.82) is 0 Å². The number of nitrogens with two attached hydrogens (primary N) is 1. The zero-order chi connectivity index (χ0) is 11.7. The predicted octanol–water partition coefficient (Wildman–Crippen LogP) is 2.07. The van der Waals surface area contributed by atoms with Crippen LogP contribution in [-0.2, 0) is 0 Å². The molecule has 0 aliphatic carbocycles. The largest absolute Gasteiger partial charge is 0.337 e. The normalized spacial score (nSPS) is 19.0. The van der Waals surface area contributed by atoms with Crippen LogP contribution in [0.4, 0.5) is 4.39 Å². The maximum atomic E-state index is 13.2. The summed E-state index contributed by atoms with van der Waals surface area (Å²) in [7, 11) is 0. The first-order valence-corrected chi connectivity index (χ1v) is 5.46. The number of rotatable bonds is 1. The fourth-order valence-corrected chi connectivity index (χ4v) is 2.02. The lowest BCUT2D eigenvalue weighted by Crippen LogP contribution is -2.32. The average Bonchev–Trinajstić information content (AvgIpc) is 2.68. The van der Waals surface area contributed by atoms with Gasteiger partial charge >= 0.3 is 0 Å². The number of halogens is 3. The monoisotopic (exact) mass is 278 g/mol. The number of hydrogen-bond acceptors (Lipinski definition) is 2. The Bertz CT molecular complexity index is 428. The Morgan fingerprint density at radius 3 is 2.82 bits per heavy atom. The minimum absolute atomic E-state index is 0. The van der Waals surface area contributed by atoms with E-state index in [0.717, 1.165) is 6.42 Å². The third-order valence-corrected chi connectivity index (χ3v) is 3.08. The molecule has 17 heavy (non-hydrogen) atoms. The van der Waals surface area contributed by atoms with Crippen molar-refractivity contribution in [2.45, 2.75) is 12.5 Å². The molecule has 0 radical (unpaired) electrons. The molecule has 3 nitrogen and oxygen atoms in total. The quantitative estimate of drug-likeness (QED) is 0.855. The molecule has 2 N–H and O–H groups in total. The highest BCUT2D eigenvalue weighted by atomic mass is 35.5. The van der Waals surface area contributed by atoms with Crippen molar-refractivity contribution < 1.29 is 9.18 Å². The summed E-state index contributed by atoms with van der Waals surface area (Å²) in [4.78, 5) is 13.6. The lowest BCUT2D eigenvalue weighted by Gasteiger charge is -2.16. The molecule has 1 fully saturated rings. The second-order valence-electron chi connectivity index (χ2n) is 3.90. The summed E-state index contributed by atoms with van der Waals surface area (Å²) < 4.78 is 13.2. The molecule has 1 aliphatic heterocycles. The van der Waals surface area contributed by atoms with E-state index in [1.165, 1.54) is 18.2 Å². The van der Waals surface area contributed by atoms with Crippen molar-refractivity contribution in [1.82, 2.24) is 4.90 Å². The van der Waals surface area contributed by atoms with Gasteiger partial charge in [0.2, 0.25) is 0 Å². The van der Waals surface area contributed by atoms with E-state index >= 15 is 0 Å². The van der Waals surface area contributed by atoms with E-state index < -0.39 is 5.82 Å². The molecule has 1 aromatic carbocycles. The molecule has 94 valence electrons. The van der Waals surface area contributed by atoms with Gasteiger partial charge in [0.15, 0.2) is 0 Å². The molecule has 1 aromatic rings. The number of likely N-dealkylation sites (tertiary alicyclic amines) is 1. The maximum Gasteiger partial charge on any atom is 0.255 e. The van der Waals surface area contributed by atoms with Crippen LogP contribution in [0, 0.1) is 5.82 Å². The van der Waals surface area contributed by atoms with Crippen LogP contribution >= 0.6 is 24.0 Å². The molecular weight excluding hydrogens is 266 g/mol. The Hall–Kier alpha value is -0.840. The van der Waals surface area contributed by atoms with Gasteiger partial charge in [0.25, 0.3) is 5.91 Å². The minimum Gasteiger partial charge on any atom is -0.337 e. The molecule has 0 saturated carbocycles. The van der Waals surface area contributed by atoms with Crippen LogP contribution < -0.4 is 5.73 Å². The number of benzene rings is 1. The second kappa shape index (κ2) is 5.67. The molecule has 0 bridgehead atoms. The topological polar surface area (TPSA) is 46.3 Å². The van der Waals surface area contributed by atoms with Crippen LogP contribution in [-0.4, -0.2) is 29.9 Å². The van der Waals surface area contributed by atoms with Gasteiger partial charge in [0, 0.05) is 19.1 Å². The van der Waals surface area contributed by atoms with Crippen LogP contribution in [0.2, 0.25) is 5.02 Å². The Kier molecular flexibility index (Phi) is 4.74. The van der Waals surface area contributed by atoms with Gasteiger partial charge in [-0.1, -0.05) is 17.7 Å². The van der Waals surface area contributed by atoms with E-state index in [-0.39, 0.29) is 34.9 Å². The molecule has 1 heterocycles. The van der Waals surface area contributed by atoms with Crippen molar-refractivity contribution in [3.05, 3.63) is 34.6 Å². The Morgan fingerprint density at radius 2 is 2.24 bits per heavy atom. The van der Waals surface area contributed by atoms with E-state index in [2.05, 4.69) is 0 Å². The minimum atomic E-state index is -0.573. The van der Waals surface area contributed by atoms with Crippen LogP contribution in [0.25, 0.3) is 0 Å². The van der Waals surface area contributed by atoms with E-state index in [4.69, 9.17) is 17.3 Å². The number of hydrogen-bond donors (Lipinski definition) is 1. The Balaban J connectivity index is 0.00000144. The highest BCUT2D eigenvalue weighted by Crippen LogP contribution is 2.22. The zero-order valence-electron chi connectivity index (χ0n) is 9.03. The summed E-state index contributed by atoms with van der Waals surface area (Å²) in [6, 6.07) is 4.24. The molecule has 0 unspecified atom stereocenters. The van der Waals surface area contributed by atoms with Gasteiger partial charge in [-0.2, -0.15) is 0 Å². The summed E-state index contributed by atoms with van der Waals surface area (Å²) >= 11 is 5.75. The predicted molar refractivity (Wildman–Crippen MR) is 67.2 cm³/mol. The summed E-state index contributed by atoms with van der Waals surface area (Å²) in [6.45, 7) is 1.11. The highest BCUT2D eigenvalue weighted by Gasteiger charge is 2.26. The molecule has 0 aromatic heterocycles. The van der Waals surface area contributed by atoms with E-state index in [1.54, 1.807) is 4.90 Å². The molecular formula is C11H13Cl2FN2O. The van der Waals surface area contributed by atoms with Gasteiger partial charge in [-0.15, -0.1) is 12.4 Å². The van der Waals surface area contributed by atoms with Crippen molar-refractivity contribution in [3.8, 4) is 0 Å². The van der Waals surface area contributed by atoms with Gasteiger partial charge in [-0.05, 0) is 18.6 Å².